The van der Waals surface area contributed by atoms with Crippen molar-refractivity contribution in [1.82, 2.24) is 0 Å². The topological polar surface area (TPSA) is 61.8 Å². The van der Waals surface area contributed by atoms with E-state index < -0.39 is 11.8 Å². The summed E-state index contributed by atoms with van der Waals surface area (Å²) in [6.45, 7) is 2.56. The summed E-state index contributed by atoms with van der Waals surface area (Å²) in [6.07, 6.45) is 1.63. The minimum atomic E-state index is -0.879. The van der Waals surface area contributed by atoms with Crippen LogP contribution in [0.1, 0.15) is 30.1 Å². The molecule has 0 aliphatic heterocycles. The first-order chi connectivity index (χ1) is 14.1. The minimum Gasteiger partial charge on any atom is -0.493 e. The molecule has 0 aromatic heterocycles. The van der Waals surface area contributed by atoms with Crippen molar-refractivity contribution in [1.29, 1.82) is 0 Å². The molecule has 5 nitrogen and oxygen atoms in total. The lowest BCUT2D eigenvalue weighted by Crippen LogP contribution is -2.19. The molecule has 0 aliphatic carbocycles. The van der Waals surface area contributed by atoms with Crippen molar-refractivity contribution >= 4 is 22.5 Å². The van der Waals surface area contributed by atoms with Gasteiger partial charge < -0.3 is 14.2 Å². The average molecular weight is 392 g/mol. The zero-order valence-corrected chi connectivity index (χ0v) is 16.6. The number of Topliss-reactive ketones (excluding diaryl/α,β-unsaturated/α-hetero) is 1. The first kappa shape index (κ1) is 20.4. The second-order valence-electron chi connectivity index (χ2n) is 6.64. The number of ether oxygens (including phenoxy) is 3. The molecule has 0 radical (unpaired) electrons. The maximum absolute atomic E-state index is 11.8. The number of rotatable bonds is 9. The van der Waals surface area contributed by atoms with Gasteiger partial charge in [0, 0.05) is 12.0 Å². The Morgan fingerprint density at radius 3 is 2.28 bits per heavy atom. The van der Waals surface area contributed by atoms with Crippen LogP contribution in [0.4, 0.5) is 0 Å². The Kier molecular flexibility index (Phi) is 6.85. The summed E-state index contributed by atoms with van der Waals surface area (Å²) in [4.78, 5) is 23.0. The number of fused-ring (bicyclic) bond motifs is 1. The van der Waals surface area contributed by atoms with Crippen LogP contribution in [0.25, 0.3) is 10.8 Å². The van der Waals surface area contributed by atoms with Gasteiger partial charge in [-0.15, -0.1) is 0 Å². The normalized spacial score (nSPS) is 11.7. The SMILES string of the molecule is CCC(CCOc1ccc(C(=O)C(=O)OC)cc1)Oc1ccc2ccccc2c1. The Bertz CT molecular complexity index is 978. The number of ketones is 1. The number of hydrogen-bond acceptors (Lipinski definition) is 5. The Labute approximate surface area is 170 Å². The van der Waals surface area contributed by atoms with Gasteiger partial charge in [0.15, 0.2) is 0 Å². The van der Waals surface area contributed by atoms with E-state index in [0.717, 1.165) is 24.0 Å². The molecule has 0 spiro atoms. The fourth-order valence-corrected chi connectivity index (χ4v) is 3.00. The number of esters is 1. The molecule has 3 aromatic carbocycles. The molecule has 1 atom stereocenters. The van der Waals surface area contributed by atoms with Gasteiger partial charge in [0.25, 0.3) is 5.78 Å². The lowest BCUT2D eigenvalue weighted by Gasteiger charge is -2.18. The lowest BCUT2D eigenvalue weighted by atomic mass is 10.1. The van der Waals surface area contributed by atoms with Gasteiger partial charge in [-0.1, -0.05) is 37.3 Å². The van der Waals surface area contributed by atoms with Crippen molar-refractivity contribution in [3.05, 3.63) is 72.3 Å². The summed E-state index contributed by atoms with van der Waals surface area (Å²) >= 11 is 0. The smallest absolute Gasteiger partial charge is 0.379 e. The maximum Gasteiger partial charge on any atom is 0.379 e. The molecule has 0 saturated carbocycles. The highest BCUT2D eigenvalue weighted by Gasteiger charge is 2.16. The van der Waals surface area contributed by atoms with Gasteiger partial charge in [-0.25, -0.2) is 4.79 Å². The third-order valence-electron chi connectivity index (χ3n) is 4.67. The minimum absolute atomic E-state index is 0.0383. The molecule has 0 N–H and O–H groups in total. The van der Waals surface area contributed by atoms with E-state index in [-0.39, 0.29) is 11.7 Å². The molecule has 0 bridgehead atoms. The van der Waals surface area contributed by atoms with E-state index in [1.807, 2.05) is 18.2 Å². The van der Waals surface area contributed by atoms with Crippen LogP contribution in [0, 0.1) is 0 Å². The molecule has 0 heterocycles. The summed E-state index contributed by atoms with van der Waals surface area (Å²) in [7, 11) is 1.18. The summed E-state index contributed by atoms with van der Waals surface area (Å²) in [5.74, 6) is -0.0719. The number of methoxy groups -OCH3 is 1. The summed E-state index contributed by atoms with van der Waals surface area (Å²) in [5, 5.41) is 2.34. The first-order valence-corrected chi connectivity index (χ1v) is 9.61. The van der Waals surface area contributed by atoms with Crippen LogP contribution >= 0.6 is 0 Å². The van der Waals surface area contributed by atoms with Gasteiger partial charge in [0.2, 0.25) is 0 Å². The van der Waals surface area contributed by atoms with Crippen molar-refractivity contribution < 1.29 is 23.8 Å². The van der Waals surface area contributed by atoms with Gasteiger partial charge in [-0.05, 0) is 53.6 Å². The van der Waals surface area contributed by atoms with Crippen molar-refractivity contribution in [2.45, 2.75) is 25.9 Å². The van der Waals surface area contributed by atoms with Gasteiger partial charge in [0.1, 0.15) is 17.6 Å². The van der Waals surface area contributed by atoms with Crippen LogP contribution in [0.3, 0.4) is 0 Å². The van der Waals surface area contributed by atoms with E-state index in [4.69, 9.17) is 9.47 Å². The Morgan fingerprint density at radius 2 is 1.59 bits per heavy atom. The lowest BCUT2D eigenvalue weighted by molar-refractivity contribution is -0.135. The predicted molar refractivity (Wildman–Crippen MR) is 112 cm³/mol. The number of carbonyl (C=O) groups excluding carboxylic acids is 2. The molecule has 3 rings (SSSR count). The fraction of sp³-hybridized carbons (Fsp3) is 0.250. The van der Waals surface area contributed by atoms with Crippen LogP contribution in [-0.4, -0.2) is 31.6 Å². The highest BCUT2D eigenvalue weighted by atomic mass is 16.5. The molecule has 0 amide bonds. The van der Waals surface area contributed by atoms with Gasteiger partial charge in [0.05, 0.1) is 13.7 Å². The van der Waals surface area contributed by atoms with E-state index in [0.29, 0.717) is 12.4 Å². The van der Waals surface area contributed by atoms with E-state index >= 15 is 0 Å². The van der Waals surface area contributed by atoms with Crippen molar-refractivity contribution in [2.24, 2.45) is 0 Å². The molecule has 5 heteroatoms. The molecule has 3 aromatic rings. The third-order valence-corrected chi connectivity index (χ3v) is 4.67. The quantitative estimate of drug-likeness (QED) is 0.297. The zero-order valence-electron chi connectivity index (χ0n) is 16.6. The van der Waals surface area contributed by atoms with Crippen LogP contribution in [0.2, 0.25) is 0 Å². The molecule has 29 heavy (non-hydrogen) atoms. The highest BCUT2D eigenvalue weighted by Crippen LogP contribution is 2.23. The number of carbonyl (C=O) groups is 2. The van der Waals surface area contributed by atoms with E-state index in [1.165, 1.54) is 12.5 Å². The highest BCUT2D eigenvalue weighted by molar-refractivity contribution is 6.40. The number of hydrogen-bond donors (Lipinski definition) is 0. The van der Waals surface area contributed by atoms with Crippen LogP contribution in [0.15, 0.2) is 66.7 Å². The number of benzene rings is 3. The maximum atomic E-state index is 11.8. The summed E-state index contributed by atoms with van der Waals surface area (Å²) in [5.41, 5.74) is 0.273. The largest absolute Gasteiger partial charge is 0.493 e. The van der Waals surface area contributed by atoms with E-state index in [9.17, 15) is 9.59 Å². The summed E-state index contributed by atoms with van der Waals surface area (Å²) in [6, 6.07) is 20.7. The van der Waals surface area contributed by atoms with Gasteiger partial charge >= 0.3 is 5.97 Å². The van der Waals surface area contributed by atoms with E-state index in [1.54, 1.807) is 24.3 Å². The Morgan fingerprint density at radius 1 is 0.897 bits per heavy atom. The molecule has 0 saturated heterocycles. The monoisotopic (exact) mass is 392 g/mol. The standard InChI is InChI=1S/C24H24O5/c1-3-20(29-22-13-8-17-6-4-5-7-19(17)16-22)14-15-28-21-11-9-18(10-12-21)23(25)24(26)27-2/h4-13,16,20H,3,14-15H2,1-2H3. The van der Waals surface area contributed by atoms with Gasteiger partial charge in [-0.3, -0.25) is 4.79 Å². The second kappa shape index (κ2) is 9.73. The van der Waals surface area contributed by atoms with Crippen molar-refractivity contribution in [3.8, 4) is 11.5 Å². The molecule has 0 aliphatic rings. The fourth-order valence-electron chi connectivity index (χ4n) is 3.00. The van der Waals surface area contributed by atoms with Crippen molar-refractivity contribution in [3.63, 3.8) is 0 Å². The second-order valence-corrected chi connectivity index (χ2v) is 6.64. The Balaban J connectivity index is 1.52. The third kappa shape index (κ3) is 5.35. The van der Waals surface area contributed by atoms with E-state index in [2.05, 4.69) is 35.9 Å². The predicted octanol–water partition coefficient (Wildman–Crippen LogP) is 4.82. The zero-order chi connectivity index (χ0) is 20.6. The van der Waals surface area contributed by atoms with Crippen LogP contribution < -0.4 is 9.47 Å². The van der Waals surface area contributed by atoms with Gasteiger partial charge in [-0.2, -0.15) is 0 Å². The molecular formula is C24H24O5. The van der Waals surface area contributed by atoms with Crippen LogP contribution in [-0.2, 0) is 9.53 Å². The molecular weight excluding hydrogens is 368 g/mol. The van der Waals surface area contributed by atoms with Crippen LogP contribution in [0.5, 0.6) is 11.5 Å². The van der Waals surface area contributed by atoms with Crippen molar-refractivity contribution in [2.75, 3.05) is 13.7 Å². The average Bonchev–Trinajstić information content (AvgIpc) is 2.77. The molecule has 1 unspecified atom stereocenters. The first-order valence-electron chi connectivity index (χ1n) is 9.61. The summed E-state index contributed by atoms with van der Waals surface area (Å²) < 4.78 is 16.3. The molecule has 0 fully saturated rings. The molecule has 150 valence electrons. The Hall–Kier alpha value is -3.34.